The second-order valence-electron chi connectivity index (χ2n) is 16.6. The summed E-state index contributed by atoms with van der Waals surface area (Å²) in [5, 5.41) is 2.46. The molecule has 3 nitrogen and oxygen atoms in total. The molecule has 3 heteroatoms. The van der Waals surface area contributed by atoms with Crippen LogP contribution in [0.2, 0.25) is 0 Å². The van der Waals surface area contributed by atoms with Gasteiger partial charge in [0.2, 0.25) is 0 Å². The molecule has 53 heavy (non-hydrogen) atoms. The number of aromatic amines is 1. The largest absolute Gasteiger partial charge is 0.353 e. The molecule has 0 aliphatic rings. The average molecular weight is 690 g/mol. The third-order valence-corrected chi connectivity index (χ3v) is 10.7. The Morgan fingerprint density at radius 3 is 1.42 bits per heavy atom. The van der Waals surface area contributed by atoms with Crippen molar-refractivity contribution in [3.8, 4) is 55.9 Å². The van der Waals surface area contributed by atoms with Crippen LogP contribution in [0.5, 0.6) is 0 Å². The summed E-state index contributed by atoms with van der Waals surface area (Å²) < 4.78 is 0. The molecule has 3 aromatic heterocycles. The minimum atomic E-state index is -0.0576. The van der Waals surface area contributed by atoms with Gasteiger partial charge < -0.3 is 4.98 Å². The third-order valence-electron chi connectivity index (χ3n) is 10.7. The molecule has 8 rings (SSSR count). The first kappa shape index (κ1) is 34.3. The summed E-state index contributed by atoms with van der Waals surface area (Å²) in [6.07, 6.45) is 4.02. The van der Waals surface area contributed by atoms with Crippen LogP contribution in [0, 0.1) is 13.8 Å². The van der Waals surface area contributed by atoms with Gasteiger partial charge in [0.25, 0.3) is 0 Å². The lowest BCUT2D eigenvalue weighted by Crippen LogP contribution is -2.11. The number of pyridine rings is 2. The van der Waals surface area contributed by atoms with Gasteiger partial charge in [-0.15, -0.1) is 0 Å². The van der Waals surface area contributed by atoms with Crippen molar-refractivity contribution in [3.63, 3.8) is 0 Å². The zero-order valence-corrected chi connectivity index (χ0v) is 32.1. The van der Waals surface area contributed by atoms with Crippen LogP contribution < -0.4 is 0 Å². The first-order chi connectivity index (χ1) is 25.3. The molecule has 0 fully saturated rings. The van der Waals surface area contributed by atoms with Crippen molar-refractivity contribution >= 4 is 21.8 Å². The number of H-pyrrole nitrogens is 1. The zero-order valence-electron chi connectivity index (χ0n) is 32.1. The number of nitrogens with one attached hydrogen (secondary N) is 1. The number of nitrogens with zero attached hydrogens (tertiary/aromatic N) is 2. The van der Waals surface area contributed by atoms with Crippen LogP contribution >= 0.6 is 0 Å². The van der Waals surface area contributed by atoms with Gasteiger partial charge in [-0.05, 0) is 117 Å². The minimum absolute atomic E-state index is 0.0548. The lowest BCUT2D eigenvalue weighted by atomic mass is 9.82. The first-order valence-electron chi connectivity index (χ1n) is 18.6. The second-order valence-corrected chi connectivity index (χ2v) is 16.6. The molecule has 0 aliphatic carbocycles. The van der Waals surface area contributed by atoms with Gasteiger partial charge in [0.05, 0.1) is 22.4 Å². The Labute approximate surface area is 313 Å². The van der Waals surface area contributed by atoms with E-state index in [9.17, 15) is 0 Å². The molecular weight excluding hydrogens is 643 g/mol. The fourth-order valence-electron chi connectivity index (χ4n) is 7.46. The minimum Gasteiger partial charge on any atom is -0.353 e. The fraction of sp³-hybridized carbons (Fsp3) is 0.200. The van der Waals surface area contributed by atoms with Crippen LogP contribution in [0.4, 0.5) is 0 Å². The summed E-state index contributed by atoms with van der Waals surface area (Å²) in [5.74, 6) is 0. The van der Waals surface area contributed by atoms with Crippen LogP contribution in [0.1, 0.15) is 63.8 Å². The van der Waals surface area contributed by atoms with Crippen molar-refractivity contribution in [2.75, 3.05) is 0 Å². The Morgan fingerprint density at radius 1 is 0.415 bits per heavy atom. The van der Waals surface area contributed by atoms with Gasteiger partial charge in [-0.1, -0.05) is 120 Å². The first-order valence-corrected chi connectivity index (χ1v) is 18.6. The molecule has 0 aliphatic heterocycles. The van der Waals surface area contributed by atoms with E-state index >= 15 is 0 Å². The van der Waals surface area contributed by atoms with E-state index in [2.05, 4.69) is 182 Å². The molecular formula is C50H47N3. The van der Waals surface area contributed by atoms with E-state index in [0.29, 0.717) is 0 Å². The summed E-state index contributed by atoms with van der Waals surface area (Å²) >= 11 is 0. The van der Waals surface area contributed by atoms with Gasteiger partial charge in [0, 0.05) is 39.9 Å². The number of aromatic nitrogens is 3. The Hall–Kier alpha value is -5.80. The highest BCUT2D eigenvalue weighted by molar-refractivity contribution is 6.16. The van der Waals surface area contributed by atoms with Crippen molar-refractivity contribution < 1.29 is 0 Å². The van der Waals surface area contributed by atoms with Crippen molar-refractivity contribution in [1.82, 2.24) is 15.0 Å². The lowest BCUT2D eigenvalue weighted by Gasteiger charge is -2.22. The molecule has 1 N–H and O–H groups in total. The van der Waals surface area contributed by atoms with Crippen molar-refractivity contribution in [2.45, 2.75) is 66.2 Å². The molecule has 0 bridgehead atoms. The van der Waals surface area contributed by atoms with Crippen LogP contribution in [0.25, 0.3) is 77.7 Å². The van der Waals surface area contributed by atoms with Crippen molar-refractivity contribution in [1.29, 1.82) is 0 Å². The van der Waals surface area contributed by atoms with E-state index in [1.165, 1.54) is 49.7 Å². The molecule has 0 saturated heterocycles. The molecule has 262 valence electrons. The van der Waals surface area contributed by atoms with Gasteiger partial charge in [0.15, 0.2) is 0 Å². The number of fused-ring (bicyclic) bond motifs is 3. The van der Waals surface area contributed by atoms with Crippen LogP contribution in [-0.2, 0) is 10.8 Å². The van der Waals surface area contributed by atoms with Crippen LogP contribution in [-0.4, -0.2) is 15.0 Å². The third kappa shape index (κ3) is 6.46. The van der Waals surface area contributed by atoms with E-state index in [-0.39, 0.29) is 10.8 Å². The number of rotatable bonds is 5. The molecule has 0 amide bonds. The van der Waals surface area contributed by atoms with Crippen LogP contribution in [0.15, 0.2) is 134 Å². The summed E-state index contributed by atoms with van der Waals surface area (Å²) in [7, 11) is 0. The maximum Gasteiger partial charge on any atom is 0.0729 e. The molecule has 0 unspecified atom stereocenters. The lowest BCUT2D eigenvalue weighted by molar-refractivity contribution is 0.590. The number of benzene rings is 5. The predicted molar refractivity (Wildman–Crippen MR) is 225 cm³/mol. The molecule has 3 heterocycles. The smallest absolute Gasteiger partial charge is 0.0729 e. The maximum absolute atomic E-state index is 5.07. The number of hydrogen-bond acceptors (Lipinski definition) is 2. The highest BCUT2D eigenvalue weighted by Gasteiger charge is 2.24. The SMILES string of the molecule is Cc1cnc(-c2cccc(-c3cc(C(C)(C)C)cc4c3[nH]c3c(-c5cc(-c6ccccc6)c(C)cn5)cc(C(C)(C)C)cc34)c2)cc1-c1ccccc1. The quantitative estimate of drug-likeness (QED) is 0.195. The summed E-state index contributed by atoms with van der Waals surface area (Å²) in [6.45, 7) is 18.1. The maximum atomic E-state index is 5.07. The van der Waals surface area contributed by atoms with Crippen molar-refractivity contribution in [3.05, 3.63) is 156 Å². The molecule has 0 saturated carbocycles. The van der Waals surface area contributed by atoms with E-state index in [1.54, 1.807) is 0 Å². The van der Waals surface area contributed by atoms with Gasteiger partial charge in [-0.25, -0.2) is 0 Å². The topological polar surface area (TPSA) is 41.6 Å². The zero-order chi connectivity index (χ0) is 37.1. The number of aryl methyl sites for hydroxylation is 2. The predicted octanol–water partition coefficient (Wildman–Crippen LogP) is 13.7. The standard InChI is InChI=1S/C50H47N3/c1-31-29-51-45(27-39(31)33-16-11-9-12-17-33)36-21-15-20-35(22-36)41-23-37(49(3,4)5)24-42-43-25-38(50(6,7)8)26-44(48(43)53-47(41)42)46-28-40(32(2)30-52-46)34-18-13-10-14-19-34/h9-30,53H,1-8H3. The second kappa shape index (κ2) is 13.0. The molecule has 0 atom stereocenters. The van der Waals surface area contributed by atoms with E-state index in [1.807, 2.05) is 12.4 Å². The van der Waals surface area contributed by atoms with Gasteiger partial charge in [0.1, 0.15) is 0 Å². The highest BCUT2D eigenvalue weighted by atomic mass is 14.7. The number of hydrogen-bond donors (Lipinski definition) is 1. The monoisotopic (exact) mass is 689 g/mol. The normalized spacial score (nSPS) is 12.2. The molecule has 8 aromatic rings. The van der Waals surface area contributed by atoms with Crippen LogP contribution in [0.3, 0.4) is 0 Å². The van der Waals surface area contributed by atoms with E-state index in [0.717, 1.165) is 50.2 Å². The van der Waals surface area contributed by atoms with E-state index in [4.69, 9.17) is 9.97 Å². The highest BCUT2D eigenvalue weighted by Crippen LogP contribution is 2.43. The summed E-state index contributed by atoms with van der Waals surface area (Å²) in [5.41, 5.74) is 18.3. The molecule has 0 radical (unpaired) electrons. The fourth-order valence-corrected chi connectivity index (χ4v) is 7.46. The molecule has 0 spiro atoms. The summed E-state index contributed by atoms with van der Waals surface area (Å²) in [4.78, 5) is 14.0. The average Bonchev–Trinajstić information content (AvgIpc) is 3.53. The Balaban J connectivity index is 1.37. The summed E-state index contributed by atoms with van der Waals surface area (Å²) in [6, 6.07) is 44.1. The molecule has 5 aromatic carbocycles. The Morgan fingerprint density at radius 2 is 0.868 bits per heavy atom. The van der Waals surface area contributed by atoms with Gasteiger partial charge >= 0.3 is 0 Å². The Kier molecular flexibility index (Phi) is 8.41. The van der Waals surface area contributed by atoms with Crippen molar-refractivity contribution in [2.24, 2.45) is 0 Å². The Bertz CT molecular complexity index is 2630. The van der Waals surface area contributed by atoms with E-state index < -0.39 is 0 Å². The van der Waals surface area contributed by atoms with Gasteiger partial charge in [-0.2, -0.15) is 0 Å². The van der Waals surface area contributed by atoms with Gasteiger partial charge in [-0.3, -0.25) is 9.97 Å².